The van der Waals surface area contributed by atoms with E-state index < -0.39 is 6.29 Å². The van der Waals surface area contributed by atoms with Gasteiger partial charge in [0.05, 0.1) is 12.8 Å². The highest BCUT2D eigenvalue weighted by Gasteiger charge is 2.00. The summed E-state index contributed by atoms with van der Waals surface area (Å²) < 4.78 is 4.92. The minimum atomic E-state index is -0.911. The predicted octanol–water partition coefficient (Wildman–Crippen LogP) is 1.17. The van der Waals surface area contributed by atoms with Gasteiger partial charge in [0.15, 0.2) is 0 Å². The van der Waals surface area contributed by atoms with Crippen LogP contribution >= 0.6 is 0 Å². The Morgan fingerprint density at radius 3 is 2.73 bits per heavy atom. The van der Waals surface area contributed by atoms with Crippen LogP contribution in [0.1, 0.15) is 19.4 Å². The van der Waals surface area contributed by atoms with E-state index in [0.717, 1.165) is 5.56 Å². The van der Waals surface area contributed by atoms with E-state index in [1.165, 1.54) is 6.92 Å². The van der Waals surface area contributed by atoms with Crippen LogP contribution < -0.4 is 4.74 Å². The molecule has 0 aliphatic heterocycles. The van der Waals surface area contributed by atoms with Crippen molar-refractivity contribution >= 4 is 5.71 Å². The summed E-state index contributed by atoms with van der Waals surface area (Å²) in [4.78, 5) is 8.72. The van der Waals surface area contributed by atoms with Crippen molar-refractivity contribution in [3.63, 3.8) is 0 Å². The van der Waals surface area contributed by atoms with Crippen molar-refractivity contribution in [1.82, 2.24) is 4.98 Å². The maximum absolute atomic E-state index is 8.87. The summed E-state index contributed by atoms with van der Waals surface area (Å²) in [6.07, 6.45) is 0.717. The summed E-state index contributed by atoms with van der Waals surface area (Å²) in [5.41, 5.74) is 1.46. The van der Waals surface area contributed by atoms with Crippen molar-refractivity contribution in [2.45, 2.75) is 20.1 Å². The van der Waals surface area contributed by atoms with Crippen molar-refractivity contribution in [2.75, 3.05) is 7.11 Å². The Kier molecular flexibility index (Phi) is 4.05. The van der Waals surface area contributed by atoms with Crippen molar-refractivity contribution in [1.29, 1.82) is 0 Å². The summed E-state index contributed by atoms with van der Waals surface area (Å²) >= 11 is 0. The summed E-state index contributed by atoms with van der Waals surface area (Å²) in [5.74, 6) is 0.544. The fourth-order valence-corrected chi connectivity index (χ4v) is 0.923. The number of rotatable bonds is 4. The van der Waals surface area contributed by atoms with Crippen LogP contribution in [0.2, 0.25) is 0 Å². The Morgan fingerprint density at radius 1 is 1.53 bits per heavy atom. The summed E-state index contributed by atoms with van der Waals surface area (Å²) in [5, 5.41) is 12.6. The van der Waals surface area contributed by atoms with Crippen LogP contribution in [0.15, 0.2) is 23.5 Å². The molecule has 0 aliphatic rings. The second-order valence-electron chi connectivity index (χ2n) is 2.97. The van der Waals surface area contributed by atoms with Crippen LogP contribution in [-0.2, 0) is 4.84 Å². The molecule has 1 atom stereocenters. The van der Waals surface area contributed by atoms with Gasteiger partial charge in [0, 0.05) is 24.8 Å². The molecule has 0 spiro atoms. The van der Waals surface area contributed by atoms with Gasteiger partial charge >= 0.3 is 0 Å². The van der Waals surface area contributed by atoms with Crippen molar-refractivity contribution in [2.24, 2.45) is 5.16 Å². The lowest BCUT2D eigenvalue weighted by Gasteiger charge is -2.04. The molecular weight excluding hydrogens is 196 g/mol. The zero-order valence-corrected chi connectivity index (χ0v) is 8.97. The third-order valence-electron chi connectivity index (χ3n) is 1.71. The number of aromatic nitrogens is 1. The maximum Gasteiger partial charge on any atom is 0.221 e. The van der Waals surface area contributed by atoms with E-state index in [1.54, 1.807) is 26.3 Å². The highest BCUT2D eigenvalue weighted by atomic mass is 16.7. The van der Waals surface area contributed by atoms with E-state index >= 15 is 0 Å². The van der Waals surface area contributed by atoms with Gasteiger partial charge in [-0.2, -0.15) is 0 Å². The second-order valence-corrected chi connectivity index (χ2v) is 2.97. The van der Waals surface area contributed by atoms with E-state index in [1.807, 2.05) is 6.07 Å². The van der Waals surface area contributed by atoms with Gasteiger partial charge in [-0.25, -0.2) is 4.98 Å². The highest BCUT2D eigenvalue weighted by molar-refractivity contribution is 5.98. The molecule has 1 heterocycles. The lowest BCUT2D eigenvalue weighted by molar-refractivity contribution is -0.0837. The average molecular weight is 210 g/mol. The van der Waals surface area contributed by atoms with E-state index in [9.17, 15) is 0 Å². The topological polar surface area (TPSA) is 63.9 Å². The molecule has 0 aromatic carbocycles. The molecule has 0 amide bonds. The smallest absolute Gasteiger partial charge is 0.221 e. The Balaban J connectivity index is 2.73. The van der Waals surface area contributed by atoms with Gasteiger partial charge in [-0.15, -0.1) is 0 Å². The van der Waals surface area contributed by atoms with Crippen LogP contribution in [0.3, 0.4) is 0 Å². The standard InChI is InChI=1S/C10H14N2O3/c1-7(12-15-8(2)13)9-4-5-10(14-3)11-6-9/h4-6,8,13H,1-3H3. The minimum absolute atomic E-state index is 0.544. The fraction of sp³-hybridized carbons (Fsp3) is 0.400. The van der Waals surface area contributed by atoms with Crippen molar-refractivity contribution < 1.29 is 14.7 Å². The van der Waals surface area contributed by atoms with Gasteiger partial charge in [-0.05, 0) is 13.0 Å². The third kappa shape index (κ3) is 3.55. The molecule has 1 aromatic rings. The molecule has 0 fully saturated rings. The molecule has 0 radical (unpaired) electrons. The van der Waals surface area contributed by atoms with Gasteiger partial charge in [-0.3, -0.25) is 0 Å². The number of aliphatic hydroxyl groups is 1. The summed E-state index contributed by atoms with van der Waals surface area (Å²) in [6.45, 7) is 3.26. The average Bonchev–Trinajstić information content (AvgIpc) is 2.26. The lowest BCUT2D eigenvalue weighted by Crippen LogP contribution is -2.04. The van der Waals surface area contributed by atoms with Crippen molar-refractivity contribution in [3.8, 4) is 5.88 Å². The van der Waals surface area contributed by atoms with Crippen molar-refractivity contribution in [3.05, 3.63) is 23.9 Å². The minimum Gasteiger partial charge on any atom is -0.481 e. The number of oxime groups is 1. The van der Waals surface area contributed by atoms with Crippen LogP contribution in [0.4, 0.5) is 0 Å². The first-order chi connectivity index (χ1) is 7.13. The molecule has 0 bridgehead atoms. The number of pyridine rings is 1. The van der Waals surface area contributed by atoms with Gasteiger partial charge < -0.3 is 14.7 Å². The Hall–Kier alpha value is -1.62. The van der Waals surface area contributed by atoms with E-state index in [-0.39, 0.29) is 0 Å². The highest BCUT2D eigenvalue weighted by Crippen LogP contribution is 2.07. The molecule has 0 aliphatic carbocycles. The van der Waals surface area contributed by atoms with Crippen LogP contribution in [0, 0.1) is 0 Å². The monoisotopic (exact) mass is 210 g/mol. The molecule has 0 saturated heterocycles. The zero-order valence-electron chi connectivity index (χ0n) is 8.97. The summed E-state index contributed by atoms with van der Waals surface area (Å²) in [7, 11) is 1.56. The predicted molar refractivity (Wildman–Crippen MR) is 55.8 cm³/mol. The largest absolute Gasteiger partial charge is 0.481 e. The normalized spacial score (nSPS) is 13.5. The molecule has 5 nitrogen and oxygen atoms in total. The first-order valence-corrected chi connectivity index (χ1v) is 4.52. The first-order valence-electron chi connectivity index (χ1n) is 4.52. The summed E-state index contributed by atoms with van der Waals surface area (Å²) in [6, 6.07) is 3.55. The molecule has 82 valence electrons. The Morgan fingerprint density at radius 2 is 2.27 bits per heavy atom. The van der Waals surface area contributed by atoms with Gasteiger partial charge in [0.25, 0.3) is 0 Å². The molecular formula is C10H14N2O3. The molecule has 1 rings (SSSR count). The van der Waals surface area contributed by atoms with E-state index in [0.29, 0.717) is 11.6 Å². The molecule has 1 N–H and O–H groups in total. The second kappa shape index (κ2) is 5.31. The lowest BCUT2D eigenvalue weighted by atomic mass is 10.2. The molecule has 0 saturated carbocycles. The number of hydrogen-bond donors (Lipinski definition) is 1. The molecule has 1 unspecified atom stereocenters. The molecule has 1 aromatic heterocycles. The van der Waals surface area contributed by atoms with Crippen LogP contribution in [-0.4, -0.2) is 29.2 Å². The Bertz CT molecular complexity index is 333. The number of ether oxygens (including phenoxy) is 1. The zero-order chi connectivity index (χ0) is 11.3. The number of hydrogen-bond acceptors (Lipinski definition) is 5. The SMILES string of the molecule is COc1ccc(C(C)=NOC(C)O)cn1. The fourth-order valence-electron chi connectivity index (χ4n) is 0.923. The molecule has 5 heteroatoms. The van der Waals surface area contributed by atoms with Gasteiger partial charge in [0.1, 0.15) is 0 Å². The van der Waals surface area contributed by atoms with Gasteiger partial charge in [0.2, 0.25) is 12.2 Å². The quantitative estimate of drug-likeness (QED) is 0.460. The first kappa shape index (κ1) is 11.5. The third-order valence-corrected chi connectivity index (χ3v) is 1.71. The van der Waals surface area contributed by atoms with E-state index in [2.05, 4.69) is 10.1 Å². The van der Waals surface area contributed by atoms with Crippen LogP contribution in [0.25, 0.3) is 0 Å². The van der Waals surface area contributed by atoms with E-state index in [4.69, 9.17) is 14.7 Å². The Labute approximate surface area is 88.3 Å². The molecule has 15 heavy (non-hydrogen) atoms. The number of methoxy groups -OCH3 is 1. The van der Waals surface area contributed by atoms with Crippen LogP contribution in [0.5, 0.6) is 5.88 Å². The number of aliphatic hydroxyl groups excluding tert-OH is 1. The van der Waals surface area contributed by atoms with Gasteiger partial charge in [-0.1, -0.05) is 5.16 Å². The number of nitrogens with zero attached hydrogens (tertiary/aromatic N) is 2. The maximum atomic E-state index is 8.87.